The number of nitrogens with two attached hydrogens (primary N) is 1. The Balaban J connectivity index is 2.36. The molecule has 3 N–H and O–H groups in total. The Labute approximate surface area is 105 Å². The summed E-state index contributed by atoms with van der Waals surface area (Å²) in [4.78, 5) is 7.35. The molecule has 0 amide bonds. The fourth-order valence-electron chi connectivity index (χ4n) is 1.80. The standard InChI is InChI=1S/C13H16FN3O/c1-8(15)5-13-16-7-11(17-13)10-6-9(14)3-4-12(10)18-2/h3-4,6-8H,5,15H2,1-2H3,(H,16,17). The normalized spacial score (nSPS) is 12.4. The topological polar surface area (TPSA) is 63.9 Å². The zero-order valence-corrected chi connectivity index (χ0v) is 10.4. The van der Waals surface area contributed by atoms with Gasteiger partial charge in [0.05, 0.1) is 19.0 Å². The highest BCUT2D eigenvalue weighted by Gasteiger charge is 2.11. The lowest BCUT2D eigenvalue weighted by Gasteiger charge is -2.06. The van der Waals surface area contributed by atoms with Gasteiger partial charge in [0.2, 0.25) is 0 Å². The predicted octanol–water partition coefficient (Wildman–Crippen LogP) is 2.11. The summed E-state index contributed by atoms with van der Waals surface area (Å²) in [6, 6.07) is 4.40. The number of imidazole rings is 1. The van der Waals surface area contributed by atoms with Crippen LogP contribution >= 0.6 is 0 Å². The number of ether oxygens (including phenoxy) is 1. The molecule has 0 aliphatic heterocycles. The van der Waals surface area contributed by atoms with E-state index in [0.29, 0.717) is 17.7 Å². The van der Waals surface area contributed by atoms with E-state index >= 15 is 0 Å². The Morgan fingerprint density at radius 3 is 2.94 bits per heavy atom. The fraction of sp³-hybridized carbons (Fsp3) is 0.308. The van der Waals surface area contributed by atoms with Crippen LogP contribution in [0.25, 0.3) is 11.3 Å². The van der Waals surface area contributed by atoms with Gasteiger partial charge in [-0.1, -0.05) is 0 Å². The van der Waals surface area contributed by atoms with Crippen molar-refractivity contribution in [3.8, 4) is 17.0 Å². The van der Waals surface area contributed by atoms with Crippen molar-refractivity contribution in [1.82, 2.24) is 9.97 Å². The van der Waals surface area contributed by atoms with E-state index in [4.69, 9.17) is 10.5 Å². The number of methoxy groups -OCH3 is 1. The lowest BCUT2D eigenvalue weighted by atomic mass is 10.1. The molecule has 0 radical (unpaired) electrons. The van der Waals surface area contributed by atoms with E-state index < -0.39 is 0 Å². The number of hydrogen-bond donors (Lipinski definition) is 2. The molecule has 1 aromatic heterocycles. The number of nitrogens with one attached hydrogen (secondary N) is 1. The monoisotopic (exact) mass is 249 g/mol. The van der Waals surface area contributed by atoms with Crippen LogP contribution in [0, 0.1) is 5.82 Å². The molecule has 0 bridgehead atoms. The number of benzene rings is 1. The van der Waals surface area contributed by atoms with Crippen molar-refractivity contribution in [2.24, 2.45) is 5.73 Å². The lowest BCUT2D eigenvalue weighted by Crippen LogP contribution is -2.18. The SMILES string of the molecule is COc1ccc(F)cc1-c1cnc(CC(C)N)[nH]1. The molecule has 4 nitrogen and oxygen atoms in total. The van der Waals surface area contributed by atoms with Crippen LogP contribution in [-0.2, 0) is 6.42 Å². The van der Waals surface area contributed by atoms with Crippen LogP contribution in [0.5, 0.6) is 5.75 Å². The average molecular weight is 249 g/mol. The molecule has 1 unspecified atom stereocenters. The van der Waals surface area contributed by atoms with Gasteiger partial charge in [-0.15, -0.1) is 0 Å². The highest BCUT2D eigenvalue weighted by atomic mass is 19.1. The van der Waals surface area contributed by atoms with E-state index in [-0.39, 0.29) is 11.9 Å². The molecule has 0 saturated carbocycles. The smallest absolute Gasteiger partial charge is 0.128 e. The Hall–Kier alpha value is -1.88. The number of rotatable bonds is 4. The van der Waals surface area contributed by atoms with Crippen LogP contribution in [-0.4, -0.2) is 23.1 Å². The second-order valence-electron chi connectivity index (χ2n) is 4.27. The van der Waals surface area contributed by atoms with Crippen LogP contribution in [0.3, 0.4) is 0 Å². The molecule has 96 valence electrons. The maximum Gasteiger partial charge on any atom is 0.128 e. The van der Waals surface area contributed by atoms with Gasteiger partial charge in [0.15, 0.2) is 0 Å². The van der Waals surface area contributed by atoms with Crippen LogP contribution in [0.1, 0.15) is 12.7 Å². The molecule has 0 spiro atoms. The summed E-state index contributed by atoms with van der Waals surface area (Å²) in [5, 5.41) is 0. The quantitative estimate of drug-likeness (QED) is 0.872. The van der Waals surface area contributed by atoms with Gasteiger partial charge in [0, 0.05) is 18.0 Å². The molecule has 0 aliphatic carbocycles. The molecule has 5 heteroatoms. The molecule has 0 fully saturated rings. The zero-order chi connectivity index (χ0) is 13.1. The summed E-state index contributed by atoms with van der Waals surface area (Å²) < 4.78 is 18.5. The first-order valence-electron chi connectivity index (χ1n) is 5.73. The van der Waals surface area contributed by atoms with E-state index in [1.165, 1.54) is 12.1 Å². The first-order chi connectivity index (χ1) is 8.60. The van der Waals surface area contributed by atoms with E-state index in [9.17, 15) is 4.39 Å². The molecule has 2 rings (SSSR count). The summed E-state index contributed by atoms with van der Waals surface area (Å²) in [5.41, 5.74) is 7.09. The van der Waals surface area contributed by atoms with E-state index in [0.717, 1.165) is 11.5 Å². The Bertz CT molecular complexity index is 537. The summed E-state index contributed by atoms with van der Waals surface area (Å²) in [5.74, 6) is 1.08. The summed E-state index contributed by atoms with van der Waals surface area (Å²) in [6.07, 6.45) is 2.31. The number of nitrogens with zero attached hydrogens (tertiary/aromatic N) is 1. The Kier molecular flexibility index (Phi) is 3.62. The molecular weight excluding hydrogens is 233 g/mol. The minimum atomic E-state index is -0.311. The van der Waals surface area contributed by atoms with E-state index in [1.807, 2.05) is 6.92 Å². The van der Waals surface area contributed by atoms with Crippen molar-refractivity contribution < 1.29 is 9.13 Å². The van der Waals surface area contributed by atoms with Crippen molar-refractivity contribution in [2.45, 2.75) is 19.4 Å². The summed E-state index contributed by atoms with van der Waals surface area (Å²) >= 11 is 0. The van der Waals surface area contributed by atoms with Gasteiger partial charge in [0.25, 0.3) is 0 Å². The fourth-order valence-corrected chi connectivity index (χ4v) is 1.80. The van der Waals surface area contributed by atoms with Crippen molar-refractivity contribution in [1.29, 1.82) is 0 Å². The van der Waals surface area contributed by atoms with Crippen LogP contribution in [0.4, 0.5) is 4.39 Å². The summed E-state index contributed by atoms with van der Waals surface area (Å²) in [6.45, 7) is 1.91. The number of halogens is 1. The molecular formula is C13H16FN3O. The Morgan fingerprint density at radius 2 is 2.28 bits per heavy atom. The average Bonchev–Trinajstić information content (AvgIpc) is 2.76. The Morgan fingerprint density at radius 1 is 1.50 bits per heavy atom. The number of aromatic amines is 1. The van der Waals surface area contributed by atoms with Crippen LogP contribution < -0.4 is 10.5 Å². The minimum absolute atomic E-state index is 0.0263. The number of H-pyrrole nitrogens is 1. The molecule has 0 aliphatic rings. The predicted molar refractivity (Wildman–Crippen MR) is 67.9 cm³/mol. The molecule has 0 saturated heterocycles. The lowest BCUT2D eigenvalue weighted by molar-refractivity contribution is 0.415. The van der Waals surface area contributed by atoms with Gasteiger partial charge in [-0.05, 0) is 25.1 Å². The second kappa shape index (κ2) is 5.18. The van der Waals surface area contributed by atoms with Gasteiger partial charge in [-0.25, -0.2) is 9.37 Å². The third-order valence-corrected chi connectivity index (χ3v) is 2.60. The number of hydrogen-bond acceptors (Lipinski definition) is 3. The zero-order valence-electron chi connectivity index (χ0n) is 10.4. The van der Waals surface area contributed by atoms with Crippen molar-refractivity contribution in [3.63, 3.8) is 0 Å². The van der Waals surface area contributed by atoms with Gasteiger partial charge >= 0.3 is 0 Å². The molecule has 1 atom stereocenters. The van der Waals surface area contributed by atoms with Gasteiger partial charge in [0.1, 0.15) is 17.4 Å². The van der Waals surface area contributed by atoms with Crippen molar-refractivity contribution in [2.75, 3.05) is 7.11 Å². The molecule has 1 aromatic carbocycles. The largest absolute Gasteiger partial charge is 0.496 e. The van der Waals surface area contributed by atoms with Crippen LogP contribution in [0.2, 0.25) is 0 Å². The highest BCUT2D eigenvalue weighted by Crippen LogP contribution is 2.29. The maximum absolute atomic E-state index is 13.3. The highest BCUT2D eigenvalue weighted by molar-refractivity contribution is 5.66. The van der Waals surface area contributed by atoms with E-state index in [2.05, 4.69) is 9.97 Å². The third-order valence-electron chi connectivity index (χ3n) is 2.60. The van der Waals surface area contributed by atoms with E-state index in [1.54, 1.807) is 19.4 Å². The minimum Gasteiger partial charge on any atom is -0.496 e. The molecule has 2 aromatic rings. The molecule has 18 heavy (non-hydrogen) atoms. The third kappa shape index (κ3) is 2.68. The molecule has 1 heterocycles. The number of aromatic nitrogens is 2. The van der Waals surface area contributed by atoms with Crippen LogP contribution in [0.15, 0.2) is 24.4 Å². The van der Waals surface area contributed by atoms with Crippen molar-refractivity contribution in [3.05, 3.63) is 36.0 Å². The second-order valence-corrected chi connectivity index (χ2v) is 4.27. The first-order valence-corrected chi connectivity index (χ1v) is 5.73. The van der Waals surface area contributed by atoms with Crippen molar-refractivity contribution >= 4 is 0 Å². The summed E-state index contributed by atoms with van der Waals surface area (Å²) in [7, 11) is 1.55. The maximum atomic E-state index is 13.3. The van der Waals surface area contributed by atoms with Gasteiger partial charge in [-0.2, -0.15) is 0 Å². The first kappa shape index (κ1) is 12.6. The van der Waals surface area contributed by atoms with Gasteiger partial charge < -0.3 is 15.5 Å². The van der Waals surface area contributed by atoms with Gasteiger partial charge in [-0.3, -0.25) is 0 Å².